The van der Waals surface area contributed by atoms with E-state index >= 15 is 0 Å². The van der Waals surface area contributed by atoms with Crippen LogP contribution in [0.15, 0.2) is 79.1 Å². The number of benzene rings is 2. The van der Waals surface area contributed by atoms with Crippen LogP contribution in [0, 0.1) is 0 Å². The van der Waals surface area contributed by atoms with Crippen molar-refractivity contribution < 1.29 is 4.79 Å². The number of anilines is 1. The second-order valence-electron chi connectivity index (χ2n) is 6.83. The maximum absolute atomic E-state index is 13.4. The van der Waals surface area contributed by atoms with E-state index in [9.17, 15) is 4.79 Å². The standard InChI is InChI=1S/C22H19N5O/c28-22(26-15-12-18-10-4-5-11-19(18)26)20-21(25-13-6-7-14-25)27(24-23-20)16-17-8-2-1-3-9-17/h1-11,13-14H,12,15-16H2. The van der Waals surface area contributed by atoms with Crippen molar-refractivity contribution in [1.82, 2.24) is 19.6 Å². The lowest BCUT2D eigenvalue weighted by Crippen LogP contribution is -2.30. The zero-order valence-electron chi connectivity index (χ0n) is 15.3. The number of aromatic nitrogens is 4. The maximum Gasteiger partial charge on any atom is 0.282 e. The minimum atomic E-state index is -0.118. The van der Waals surface area contributed by atoms with Crippen LogP contribution in [0.3, 0.4) is 0 Å². The van der Waals surface area contributed by atoms with Crippen molar-refractivity contribution in [3.63, 3.8) is 0 Å². The van der Waals surface area contributed by atoms with Gasteiger partial charge in [-0.1, -0.05) is 53.7 Å². The lowest BCUT2D eigenvalue weighted by molar-refractivity contribution is 0.0984. The maximum atomic E-state index is 13.4. The van der Waals surface area contributed by atoms with Gasteiger partial charge in [-0.05, 0) is 35.7 Å². The summed E-state index contributed by atoms with van der Waals surface area (Å²) in [6.07, 6.45) is 4.68. The second-order valence-corrected chi connectivity index (χ2v) is 6.83. The molecule has 0 N–H and O–H groups in total. The van der Waals surface area contributed by atoms with Crippen molar-refractivity contribution in [3.05, 3.63) is 95.9 Å². The van der Waals surface area contributed by atoms with E-state index in [0.717, 1.165) is 17.7 Å². The topological polar surface area (TPSA) is 56.0 Å². The third kappa shape index (κ3) is 2.79. The first-order valence-corrected chi connectivity index (χ1v) is 9.32. The highest BCUT2D eigenvalue weighted by atomic mass is 16.2. The van der Waals surface area contributed by atoms with Crippen molar-refractivity contribution >= 4 is 11.6 Å². The lowest BCUT2D eigenvalue weighted by Gasteiger charge is -2.17. The fraction of sp³-hybridized carbons (Fsp3) is 0.136. The Hall–Kier alpha value is -3.67. The first-order chi connectivity index (χ1) is 13.8. The molecule has 6 heteroatoms. The van der Waals surface area contributed by atoms with E-state index in [0.29, 0.717) is 24.6 Å². The molecule has 0 aliphatic carbocycles. The lowest BCUT2D eigenvalue weighted by atomic mass is 10.2. The zero-order valence-corrected chi connectivity index (χ0v) is 15.3. The predicted octanol–water partition coefficient (Wildman–Crippen LogP) is 3.32. The molecule has 0 radical (unpaired) electrons. The van der Waals surface area contributed by atoms with Crippen molar-refractivity contribution in [3.8, 4) is 5.82 Å². The van der Waals surface area contributed by atoms with Crippen molar-refractivity contribution in [2.75, 3.05) is 11.4 Å². The summed E-state index contributed by atoms with van der Waals surface area (Å²) < 4.78 is 3.68. The zero-order chi connectivity index (χ0) is 18.9. The van der Waals surface area contributed by atoms with E-state index in [1.165, 1.54) is 5.56 Å². The Morgan fingerprint density at radius 2 is 1.68 bits per heavy atom. The number of amides is 1. The summed E-state index contributed by atoms with van der Waals surface area (Å²) in [6.45, 7) is 1.21. The molecule has 0 fully saturated rings. The molecule has 0 saturated heterocycles. The molecule has 5 rings (SSSR count). The van der Waals surface area contributed by atoms with Gasteiger partial charge in [0.25, 0.3) is 5.91 Å². The van der Waals surface area contributed by atoms with Crippen LogP contribution in [0.2, 0.25) is 0 Å². The first kappa shape index (κ1) is 16.5. The molecule has 1 aliphatic rings. The van der Waals surface area contributed by atoms with Crippen LogP contribution in [0.1, 0.15) is 21.6 Å². The summed E-state index contributed by atoms with van der Waals surface area (Å²) in [5.41, 5.74) is 3.62. The monoisotopic (exact) mass is 369 g/mol. The number of carbonyl (C=O) groups is 1. The second kappa shape index (κ2) is 6.81. The number of nitrogens with zero attached hydrogens (tertiary/aromatic N) is 5. The molecule has 1 aliphatic heterocycles. The number of hydrogen-bond donors (Lipinski definition) is 0. The molecule has 2 aromatic carbocycles. The summed E-state index contributed by atoms with van der Waals surface area (Å²) in [4.78, 5) is 15.2. The quantitative estimate of drug-likeness (QED) is 0.554. The van der Waals surface area contributed by atoms with Gasteiger partial charge in [-0.15, -0.1) is 5.10 Å². The number of hydrogen-bond acceptors (Lipinski definition) is 3. The van der Waals surface area contributed by atoms with E-state index in [2.05, 4.69) is 16.4 Å². The average molecular weight is 369 g/mol. The summed E-state index contributed by atoms with van der Waals surface area (Å²) >= 11 is 0. The van der Waals surface area contributed by atoms with Gasteiger partial charge in [-0.25, -0.2) is 4.68 Å². The Balaban J connectivity index is 1.56. The fourth-order valence-electron chi connectivity index (χ4n) is 3.72. The first-order valence-electron chi connectivity index (χ1n) is 9.32. The van der Waals surface area contributed by atoms with Gasteiger partial charge in [0.05, 0.1) is 6.54 Å². The van der Waals surface area contributed by atoms with Gasteiger partial charge in [0.1, 0.15) is 0 Å². The van der Waals surface area contributed by atoms with Gasteiger partial charge in [0, 0.05) is 24.6 Å². The molecule has 1 amide bonds. The Morgan fingerprint density at radius 3 is 2.50 bits per heavy atom. The van der Waals surface area contributed by atoms with E-state index in [1.807, 2.05) is 77.6 Å². The largest absolute Gasteiger partial charge is 0.307 e. The van der Waals surface area contributed by atoms with Crippen LogP contribution < -0.4 is 4.90 Å². The Labute approximate surface area is 162 Å². The van der Waals surface area contributed by atoms with Crippen LogP contribution >= 0.6 is 0 Å². The summed E-state index contributed by atoms with van der Waals surface area (Å²) in [7, 11) is 0. The van der Waals surface area contributed by atoms with Crippen LogP contribution in [-0.4, -0.2) is 32.0 Å². The Morgan fingerprint density at radius 1 is 0.929 bits per heavy atom. The number of para-hydroxylation sites is 1. The molecule has 3 heterocycles. The Bertz CT molecular complexity index is 1120. The van der Waals surface area contributed by atoms with Gasteiger partial charge in [-0.3, -0.25) is 4.79 Å². The SMILES string of the molecule is O=C(c1nnn(Cc2ccccc2)c1-n1cccc1)N1CCc2ccccc21. The summed E-state index contributed by atoms with van der Waals surface area (Å²) in [5, 5.41) is 8.60. The average Bonchev–Trinajstić information content (AvgIpc) is 3.47. The van der Waals surface area contributed by atoms with Gasteiger partial charge in [0.2, 0.25) is 0 Å². The van der Waals surface area contributed by atoms with Crippen molar-refractivity contribution in [2.45, 2.75) is 13.0 Å². The van der Waals surface area contributed by atoms with Crippen LogP contribution in [0.25, 0.3) is 5.82 Å². The fourth-order valence-corrected chi connectivity index (χ4v) is 3.72. The van der Waals surface area contributed by atoms with E-state index < -0.39 is 0 Å². The highest BCUT2D eigenvalue weighted by Crippen LogP contribution is 2.29. The third-order valence-electron chi connectivity index (χ3n) is 5.07. The molecule has 0 saturated carbocycles. The van der Waals surface area contributed by atoms with Crippen LogP contribution in [0.5, 0.6) is 0 Å². The third-order valence-corrected chi connectivity index (χ3v) is 5.07. The number of carbonyl (C=O) groups excluding carboxylic acids is 1. The van der Waals surface area contributed by atoms with Crippen molar-refractivity contribution in [2.24, 2.45) is 0 Å². The smallest absolute Gasteiger partial charge is 0.282 e. The molecule has 28 heavy (non-hydrogen) atoms. The van der Waals surface area contributed by atoms with E-state index in [4.69, 9.17) is 0 Å². The number of rotatable bonds is 4. The molecule has 4 aromatic rings. The van der Waals surface area contributed by atoms with Gasteiger partial charge in [-0.2, -0.15) is 0 Å². The van der Waals surface area contributed by atoms with E-state index in [1.54, 1.807) is 9.58 Å². The summed E-state index contributed by atoms with van der Waals surface area (Å²) in [5.74, 6) is 0.566. The van der Waals surface area contributed by atoms with E-state index in [-0.39, 0.29) is 5.91 Å². The molecule has 0 bridgehead atoms. The molecule has 0 unspecified atom stereocenters. The normalized spacial score (nSPS) is 12.9. The molecular formula is C22H19N5O. The van der Waals surface area contributed by atoms with Crippen molar-refractivity contribution in [1.29, 1.82) is 0 Å². The molecule has 0 spiro atoms. The van der Waals surface area contributed by atoms with Crippen LogP contribution in [-0.2, 0) is 13.0 Å². The van der Waals surface area contributed by atoms with Gasteiger partial charge >= 0.3 is 0 Å². The minimum absolute atomic E-state index is 0.118. The molecule has 6 nitrogen and oxygen atoms in total. The minimum Gasteiger partial charge on any atom is -0.307 e. The highest BCUT2D eigenvalue weighted by Gasteiger charge is 2.30. The summed E-state index contributed by atoms with van der Waals surface area (Å²) in [6, 6.07) is 21.9. The Kier molecular flexibility index (Phi) is 4.01. The van der Waals surface area contributed by atoms with Crippen LogP contribution in [0.4, 0.5) is 5.69 Å². The molecular weight excluding hydrogens is 350 g/mol. The van der Waals surface area contributed by atoms with Gasteiger partial charge < -0.3 is 9.47 Å². The molecule has 0 atom stereocenters. The molecule has 2 aromatic heterocycles. The molecule has 138 valence electrons. The number of fused-ring (bicyclic) bond motifs is 1. The highest BCUT2D eigenvalue weighted by molar-refractivity contribution is 6.07. The van der Waals surface area contributed by atoms with Gasteiger partial charge in [0.15, 0.2) is 11.5 Å². The predicted molar refractivity (Wildman–Crippen MR) is 107 cm³/mol.